The molecule has 2 heterocycles. The predicted molar refractivity (Wildman–Crippen MR) is 73.2 cm³/mol. The fraction of sp³-hybridized carbons (Fsp3) is 0.500. The molecule has 2 rings (SSSR count). The highest BCUT2D eigenvalue weighted by Crippen LogP contribution is 2.18. The van der Waals surface area contributed by atoms with Crippen molar-refractivity contribution in [1.82, 2.24) is 9.88 Å². The number of likely N-dealkylation sites (tertiary alicyclic amines) is 1. The summed E-state index contributed by atoms with van der Waals surface area (Å²) >= 11 is 0. The molecule has 1 aliphatic rings. The van der Waals surface area contributed by atoms with Crippen LogP contribution in [0, 0.1) is 10.1 Å². The van der Waals surface area contributed by atoms with Crippen molar-refractivity contribution >= 4 is 17.4 Å². The van der Waals surface area contributed by atoms with Gasteiger partial charge >= 0.3 is 0 Å². The standard InChI is InChI=1S/C12H17N5O3/c13-11(18)8-16-5-2-9(3-6-16)15-12-7-10(17(19)20)1-4-14-12/h1,4,7,9H,2-3,5-6,8H2,(H2,13,18)(H,14,15). The molecule has 8 heteroatoms. The van der Waals surface area contributed by atoms with Crippen LogP contribution in [-0.4, -0.2) is 46.4 Å². The molecule has 0 atom stereocenters. The Labute approximate surface area is 116 Å². The van der Waals surface area contributed by atoms with E-state index in [-0.39, 0.29) is 24.2 Å². The highest BCUT2D eigenvalue weighted by molar-refractivity contribution is 5.75. The van der Waals surface area contributed by atoms with E-state index in [1.807, 2.05) is 4.90 Å². The van der Waals surface area contributed by atoms with Gasteiger partial charge < -0.3 is 11.1 Å². The van der Waals surface area contributed by atoms with E-state index < -0.39 is 4.92 Å². The molecular weight excluding hydrogens is 262 g/mol. The largest absolute Gasteiger partial charge is 0.369 e. The average molecular weight is 279 g/mol. The van der Waals surface area contributed by atoms with Crippen molar-refractivity contribution in [1.29, 1.82) is 0 Å². The van der Waals surface area contributed by atoms with Crippen LogP contribution in [0.3, 0.4) is 0 Å². The quantitative estimate of drug-likeness (QED) is 0.593. The number of pyridine rings is 1. The Morgan fingerprint density at radius 2 is 2.25 bits per heavy atom. The third-order valence-corrected chi connectivity index (χ3v) is 3.27. The fourth-order valence-electron chi connectivity index (χ4n) is 2.28. The molecule has 1 fully saturated rings. The lowest BCUT2D eigenvalue weighted by atomic mass is 10.1. The molecule has 1 aromatic rings. The third kappa shape index (κ3) is 3.89. The Morgan fingerprint density at radius 3 is 2.85 bits per heavy atom. The number of carbonyl (C=O) groups is 1. The number of rotatable bonds is 5. The summed E-state index contributed by atoms with van der Waals surface area (Å²) in [7, 11) is 0. The number of nitro groups is 1. The molecule has 3 N–H and O–H groups in total. The summed E-state index contributed by atoms with van der Waals surface area (Å²) < 4.78 is 0. The molecule has 0 bridgehead atoms. The summed E-state index contributed by atoms with van der Waals surface area (Å²) in [4.78, 5) is 27.2. The van der Waals surface area contributed by atoms with Gasteiger partial charge in [-0.2, -0.15) is 0 Å². The zero-order valence-corrected chi connectivity index (χ0v) is 11.0. The highest BCUT2D eigenvalue weighted by Gasteiger charge is 2.20. The van der Waals surface area contributed by atoms with E-state index in [1.54, 1.807) is 0 Å². The molecule has 0 saturated carbocycles. The minimum absolute atomic E-state index is 0.0219. The fourth-order valence-corrected chi connectivity index (χ4v) is 2.28. The SMILES string of the molecule is NC(=O)CN1CCC(Nc2cc([N+](=O)[O-])ccn2)CC1. The predicted octanol–water partition coefficient (Wildman–Crippen LogP) is 0.351. The van der Waals surface area contributed by atoms with Gasteiger partial charge in [-0.3, -0.25) is 19.8 Å². The number of nitrogens with zero attached hydrogens (tertiary/aromatic N) is 3. The first-order valence-corrected chi connectivity index (χ1v) is 6.42. The van der Waals surface area contributed by atoms with Crippen LogP contribution in [0.25, 0.3) is 0 Å². The molecule has 108 valence electrons. The summed E-state index contributed by atoms with van der Waals surface area (Å²) in [6, 6.07) is 2.99. The third-order valence-electron chi connectivity index (χ3n) is 3.27. The Balaban J connectivity index is 1.88. The Hall–Kier alpha value is -2.22. The number of anilines is 1. The van der Waals surface area contributed by atoms with Crippen LogP contribution in [0.4, 0.5) is 11.5 Å². The van der Waals surface area contributed by atoms with Gasteiger partial charge in [-0.05, 0) is 12.8 Å². The number of piperidine rings is 1. The van der Waals surface area contributed by atoms with E-state index in [2.05, 4.69) is 10.3 Å². The van der Waals surface area contributed by atoms with E-state index >= 15 is 0 Å². The smallest absolute Gasteiger partial charge is 0.274 e. The monoisotopic (exact) mass is 279 g/mol. The van der Waals surface area contributed by atoms with Crippen LogP contribution in [-0.2, 0) is 4.79 Å². The van der Waals surface area contributed by atoms with Crippen molar-refractivity contribution in [3.8, 4) is 0 Å². The van der Waals surface area contributed by atoms with Gasteiger partial charge in [0.2, 0.25) is 5.91 Å². The van der Waals surface area contributed by atoms with Gasteiger partial charge in [0.15, 0.2) is 0 Å². The number of aromatic nitrogens is 1. The van der Waals surface area contributed by atoms with E-state index in [0.29, 0.717) is 5.82 Å². The molecule has 0 aromatic carbocycles. The first-order chi connectivity index (χ1) is 9.54. The molecule has 1 aromatic heterocycles. The average Bonchev–Trinajstić information content (AvgIpc) is 2.41. The maximum Gasteiger partial charge on any atom is 0.274 e. The topological polar surface area (TPSA) is 114 Å². The van der Waals surface area contributed by atoms with Gasteiger partial charge in [0.25, 0.3) is 5.69 Å². The van der Waals surface area contributed by atoms with Crippen LogP contribution >= 0.6 is 0 Å². The van der Waals surface area contributed by atoms with Gasteiger partial charge in [-0.15, -0.1) is 0 Å². The summed E-state index contributed by atoms with van der Waals surface area (Å²) in [6.07, 6.45) is 3.11. The van der Waals surface area contributed by atoms with E-state index in [4.69, 9.17) is 5.73 Å². The zero-order valence-electron chi connectivity index (χ0n) is 11.0. The van der Waals surface area contributed by atoms with Crippen molar-refractivity contribution in [2.24, 2.45) is 5.73 Å². The molecule has 20 heavy (non-hydrogen) atoms. The summed E-state index contributed by atoms with van der Waals surface area (Å²) in [5.41, 5.74) is 5.18. The summed E-state index contributed by atoms with van der Waals surface area (Å²) in [5.74, 6) is 0.185. The van der Waals surface area contributed by atoms with Gasteiger partial charge in [0, 0.05) is 31.4 Å². The number of amides is 1. The van der Waals surface area contributed by atoms with Crippen molar-refractivity contribution in [2.45, 2.75) is 18.9 Å². The number of hydrogen-bond donors (Lipinski definition) is 2. The van der Waals surface area contributed by atoms with Crippen LogP contribution in [0.15, 0.2) is 18.3 Å². The Bertz CT molecular complexity index is 500. The molecular formula is C12H17N5O3. The first-order valence-electron chi connectivity index (χ1n) is 6.42. The normalized spacial score (nSPS) is 16.8. The second-order valence-electron chi connectivity index (χ2n) is 4.82. The molecule has 0 aliphatic carbocycles. The van der Waals surface area contributed by atoms with Gasteiger partial charge in [0.05, 0.1) is 17.5 Å². The molecule has 0 unspecified atom stereocenters. The van der Waals surface area contributed by atoms with Crippen LogP contribution in [0.1, 0.15) is 12.8 Å². The maximum atomic E-state index is 10.8. The Morgan fingerprint density at radius 1 is 1.55 bits per heavy atom. The molecule has 1 amide bonds. The van der Waals surface area contributed by atoms with Crippen LogP contribution in [0.5, 0.6) is 0 Å². The molecule has 1 aliphatic heterocycles. The number of nitrogens with one attached hydrogen (secondary N) is 1. The van der Waals surface area contributed by atoms with Gasteiger partial charge in [-0.1, -0.05) is 0 Å². The molecule has 0 radical (unpaired) electrons. The minimum Gasteiger partial charge on any atom is -0.369 e. The lowest BCUT2D eigenvalue weighted by Crippen LogP contribution is -2.43. The number of nitrogens with two attached hydrogens (primary N) is 1. The van der Waals surface area contributed by atoms with Gasteiger partial charge in [-0.25, -0.2) is 4.98 Å². The van der Waals surface area contributed by atoms with E-state index in [1.165, 1.54) is 18.3 Å². The lowest BCUT2D eigenvalue weighted by molar-refractivity contribution is -0.384. The lowest BCUT2D eigenvalue weighted by Gasteiger charge is -2.31. The van der Waals surface area contributed by atoms with Gasteiger partial charge in [0.1, 0.15) is 5.82 Å². The van der Waals surface area contributed by atoms with Crippen molar-refractivity contribution in [2.75, 3.05) is 25.0 Å². The van der Waals surface area contributed by atoms with E-state index in [0.717, 1.165) is 25.9 Å². The zero-order chi connectivity index (χ0) is 14.5. The maximum absolute atomic E-state index is 10.8. The first kappa shape index (κ1) is 14.2. The number of carbonyl (C=O) groups excluding carboxylic acids is 1. The van der Waals surface area contributed by atoms with Crippen LogP contribution < -0.4 is 11.1 Å². The Kier molecular flexibility index (Phi) is 4.46. The minimum atomic E-state index is -0.442. The van der Waals surface area contributed by atoms with Crippen molar-refractivity contribution in [3.05, 3.63) is 28.4 Å². The second-order valence-corrected chi connectivity index (χ2v) is 4.82. The molecule has 0 spiro atoms. The van der Waals surface area contributed by atoms with Crippen molar-refractivity contribution in [3.63, 3.8) is 0 Å². The van der Waals surface area contributed by atoms with Crippen molar-refractivity contribution < 1.29 is 9.72 Å². The summed E-state index contributed by atoms with van der Waals surface area (Å²) in [5, 5.41) is 13.9. The number of primary amides is 1. The van der Waals surface area contributed by atoms with E-state index in [9.17, 15) is 14.9 Å². The van der Waals surface area contributed by atoms with Crippen LogP contribution in [0.2, 0.25) is 0 Å². The molecule has 1 saturated heterocycles. The summed E-state index contributed by atoms with van der Waals surface area (Å²) in [6.45, 7) is 1.83. The molecule has 8 nitrogen and oxygen atoms in total. The number of hydrogen-bond acceptors (Lipinski definition) is 6. The highest BCUT2D eigenvalue weighted by atomic mass is 16.6. The second kappa shape index (κ2) is 6.29.